The Morgan fingerprint density at radius 2 is 1.97 bits per heavy atom. The number of hydrogen-bond acceptors (Lipinski definition) is 10. The second kappa shape index (κ2) is 9.00. The standard InChI is InChI=1S/C22H18N4O4S3/c1-26-21(27)18-13(16-5-4-8-31-16)10-32-20(18)24-22(26)33-11-17-23-19(25-30-17)12-6-7-14(28-2)15(9-12)29-3/h4-10H,11H2,1-3H3. The van der Waals surface area contributed by atoms with Crippen LogP contribution >= 0.6 is 34.4 Å². The molecule has 0 aliphatic heterocycles. The van der Waals surface area contributed by atoms with E-state index in [0.29, 0.717) is 39.5 Å². The molecule has 33 heavy (non-hydrogen) atoms. The molecule has 1 aromatic carbocycles. The van der Waals surface area contributed by atoms with Crippen LogP contribution in [0.3, 0.4) is 0 Å². The van der Waals surface area contributed by atoms with Gasteiger partial charge >= 0.3 is 0 Å². The molecule has 11 heteroatoms. The van der Waals surface area contributed by atoms with Crippen molar-refractivity contribution in [3.05, 3.63) is 57.3 Å². The molecule has 0 fully saturated rings. The summed E-state index contributed by atoms with van der Waals surface area (Å²) in [5.41, 5.74) is 1.62. The molecule has 8 nitrogen and oxygen atoms in total. The Morgan fingerprint density at radius 1 is 1.12 bits per heavy atom. The lowest BCUT2D eigenvalue weighted by Crippen LogP contribution is -2.19. The predicted octanol–water partition coefficient (Wildman–Crippen LogP) is 5.08. The Balaban J connectivity index is 1.38. The van der Waals surface area contributed by atoms with E-state index in [4.69, 9.17) is 19.0 Å². The van der Waals surface area contributed by atoms with E-state index in [-0.39, 0.29) is 5.56 Å². The highest BCUT2D eigenvalue weighted by Crippen LogP contribution is 2.35. The molecule has 0 unspecified atom stereocenters. The minimum Gasteiger partial charge on any atom is -0.493 e. The molecule has 0 amide bonds. The molecule has 0 aliphatic carbocycles. The highest BCUT2D eigenvalue weighted by molar-refractivity contribution is 7.98. The molecular weight excluding hydrogens is 480 g/mol. The van der Waals surface area contributed by atoms with Crippen molar-refractivity contribution in [3.8, 4) is 33.3 Å². The van der Waals surface area contributed by atoms with Crippen LogP contribution in [0.1, 0.15) is 5.89 Å². The van der Waals surface area contributed by atoms with Crippen molar-refractivity contribution in [1.82, 2.24) is 19.7 Å². The Bertz CT molecular complexity index is 1490. The number of fused-ring (bicyclic) bond motifs is 1. The third-order valence-corrected chi connectivity index (χ3v) is 7.79. The van der Waals surface area contributed by atoms with Crippen LogP contribution in [-0.4, -0.2) is 33.9 Å². The van der Waals surface area contributed by atoms with Gasteiger partial charge < -0.3 is 14.0 Å². The van der Waals surface area contributed by atoms with Gasteiger partial charge in [-0.05, 0) is 29.6 Å². The summed E-state index contributed by atoms with van der Waals surface area (Å²) in [5.74, 6) is 2.47. The van der Waals surface area contributed by atoms with Gasteiger partial charge in [-0.1, -0.05) is 23.0 Å². The van der Waals surface area contributed by atoms with Crippen LogP contribution in [0.4, 0.5) is 0 Å². The SMILES string of the molecule is COc1ccc(-c2noc(CSc3nc4scc(-c5cccs5)c4c(=O)n3C)n2)cc1OC. The topological polar surface area (TPSA) is 92.3 Å². The van der Waals surface area contributed by atoms with Crippen LogP contribution in [-0.2, 0) is 12.8 Å². The Morgan fingerprint density at radius 3 is 2.73 bits per heavy atom. The van der Waals surface area contributed by atoms with Crippen molar-refractivity contribution < 1.29 is 14.0 Å². The Hall–Kier alpha value is -3.15. The summed E-state index contributed by atoms with van der Waals surface area (Å²) >= 11 is 4.46. The molecule has 4 aromatic heterocycles. The number of ether oxygens (including phenoxy) is 2. The van der Waals surface area contributed by atoms with Gasteiger partial charge in [0.05, 0.1) is 25.4 Å². The van der Waals surface area contributed by atoms with Crippen LogP contribution in [0.25, 0.3) is 32.0 Å². The molecule has 0 aliphatic rings. The monoisotopic (exact) mass is 498 g/mol. The summed E-state index contributed by atoms with van der Waals surface area (Å²) in [5, 5.41) is 9.31. The molecule has 0 bridgehead atoms. The van der Waals surface area contributed by atoms with Gasteiger partial charge in [-0.25, -0.2) is 4.98 Å². The third-order valence-electron chi connectivity index (χ3n) is 5.00. The van der Waals surface area contributed by atoms with Gasteiger partial charge in [-0.2, -0.15) is 4.98 Å². The Kier molecular flexibility index (Phi) is 5.92. The van der Waals surface area contributed by atoms with E-state index in [1.807, 2.05) is 29.0 Å². The van der Waals surface area contributed by atoms with Crippen molar-refractivity contribution in [2.45, 2.75) is 10.9 Å². The maximum absolute atomic E-state index is 13.1. The molecule has 0 atom stereocenters. The smallest absolute Gasteiger partial charge is 0.263 e. The van der Waals surface area contributed by atoms with Crippen molar-refractivity contribution >= 4 is 44.7 Å². The first kappa shape index (κ1) is 21.7. The summed E-state index contributed by atoms with van der Waals surface area (Å²) in [4.78, 5) is 24.1. The van der Waals surface area contributed by atoms with Crippen LogP contribution < -0.4 is 15.0 Å². The van der Waals surface area contributed by atoms with E-state index < -0.39 is 0 Å². The molecule has 0 radical (unpaired) electrons. The fourth-order valence-corrected chi connectivity index (χ4v) is 5.94. The number of thiophene rings is 2. The van der Waals surface area contributed by atoms with Crippen LogP contribution in [0, 0.1) is 0 Å². The number of rotatable bonds is 7. The highest BCUT2D eigenvalue weighted by atomic mass is 32.2. The van der Waals surface area contributed by atoms with Crippen molar-refractivity contribution in [1.29, 1.82) is 0 Å². The maximum Gasteiger partial charge on any atom is 0.263 e. The molecule has 4 heterocycles. The lowest BCUT2D eigenvalue weighted by molar-refractivity contribution is 0.355. The number of hydrogen-bond donors (Lipinski definition) is 0. The average Bonchev–Trinajstić information content (AvgIpc) is 3.60. The van der Waals surface area contributed by atoms with Gasteiger partial charge in [-0.3, -0.25) is 9.36 Å². The number of benzene rings is 1. The molecule has 0 spiro atoms. The van der Waals surface area contributed by atoms with E-state index in [9.17, 15) is 4.79 Å². The van der Waals surface area contributed by atoms with E-state index >= 15 is 0 Å². The van der Waals surface area contributed by atoms with Crippen LogP contribution in [0.15, 0.2) is 55.6 Å². The molecule has 5 rings (SSSR count). The lowest BCUT2D eigenvalue weighted by Gasteiger charge is -2.07. The van der Waals surface area contributed by atoms with Gasteiger partial charge in [0.15, 0.2) is 16.7 Å². The van der Waals surface area contributed by atoms with Crippen LogP contribution in [0.2, 0.25) is 0 Å². The molecular formula is C22H18N4O4S3. The molecule has 0 saturated carbocycles. The molecule has 0 N–H and O–H groups in total. The lowest BCUT2D eigenvalue weighted by atomic mass is 10.2. The van der Waals surface area contributed by atoms with Gasteiger partial charge in [0.2, 0.25) is 11.7 Å². The predicted molar refractivity (Wildman–Crippen MR) is 131 cm³/mol. The molecule has 0 saturated heterocycles. The Labute approximate surface area is 200 Å². The van der Waals surface area contributed by atoms with E-state index in [1.165, 1.54) is 23.1 Å². The van der Waals surface area contributed by atoms with E-state index in [2.05, 4.69) is 10.1 Å². The van der Waals surface area contributed by atoms with E-state index in [0.717, 1.165) is 20.8 Å². The van der Waals surface area contributed by atoms with Gasteiger partial charge in [0.25, 0.3) is 5.56 Å². The van der Waals surface area contributed by atoms with Gasteiger partial charge in [0, 0.05) is 28.4 Å². The maximum atomic E-state index is 13.1. The second-order valence-corrected chi connectivity index (χ2v) is 9.68. The number of aromatic nitrogens is 4. The summed E-state index contributed by atoms with van der Waals surface area (Å²) in [6, 6.07) is 9.41. The van der Waals surface area contributed by atoms with Crippen LogP contribution in [0.5, 0.6) is 11.5 Å². The second-order valence-electron chi connectivity index (χ2n) is 6.94. The largest absolute Gasteiger partial charge is 0.493 e. The quantitative estimate of drug-likeness (QED) is 0.227. The van der Waals surface area contributed by atoms with Crippen molar-refractivity contribution in [2.24, 2.45) is 7.05 Å². The average molecular weight is 499 g/mol. The summed E-state index contributed by atoms with van der Waals surface area (Å²) in [6.07, 6.45) is 0. The van der Waals surface area contributed by atoms with Gasteiger partial charge in [0.1, 0.15) is 4.83 Å². The zero-order valence-electron chi connectivity index (χ0n) is 17.9. The highest BCUT2D eigenvalue weighted by Gasteiger charge is 2.18. The van der Waals surface area contributed by atoms with Crippen molar-refractivity contribution in [3.63, 3.8) is 0 Å². The molecule has 168 valence electrons. The summed E-state index contributed by atoms with van der Waals surface area (Å²) in [7, 11) is 4.89. The number of methoxy groups -OCH3 is 2. The fourth-order valence-electron chi connectivity index (χ4n) is 3.33. The van der Waals surface area contributed by atoms with Crippen molar-refractivity contribution in [2.75, 3.05) is 14.2 Å². The molecule has 5 aromatic rings. The first-order valence-electron chi connectivity index (χ1n) is 9.79. The first-order chi connectivity index (χ1) is 16.1. The fraction of sp³-hybridized carbons (Fsp3) is 0.182. The summed E-state index contributed by atoms with van der Waals surface area (Å²) in [6.45, 7) is 0. The number of nitrogens with zero attached hydrogens (tertiary/aromatic N) is 4. The first-order valence-corrected chi connectivity index (χ1v) is 12.5. The minimum absolute atomic E-state index is 0.0660. The van der Waals surface area contributed by atoms with E-state index in [1.54, 1.807) is 49.3 Å². The minimum atomic E-state index is -0.0660. The zero-order valence-corrected chi connectivity index (χ0v) is 20.3. The zero-order chi connectivity index (χ0) is 22.9. The normalized spacial score (nSPS) is 11.2. The number of thioether (sulfide) groups is 1. The van der Waals surface area contributed by atoms with Gasteiger partial charge in [-0.15, -0.1) is 22.7 Å². The summed E-state index contributed by atoms with van der Waals surface area (Å²) < 4.78 is 17.6. The third kappa shape index (κ3) is 4.03.